The molecule has 0 aliphatic carbocycles. The molecule has 1 aromatic carbocycles. The topological polar surface area (TPSA) is 50.2 Å². The number of aromatic nitrogens is 1. The Kier molecular flexibility index (Phi) is 4.26. The summed E-state index contributed by atoms with van der Waals surface area (Å²) in [5, 5.41) is 10.3. The molecule has 0 fully saturated rings. The van der Waals surface area contributed by atoms with Gasteiger partial charge in [0, 0.05) is 16.0 Å². The third kappa shape index (κ3) is 3.36. The minimum absolute atomic E-state index is 0.205. The van der Waals surface area contributed by atoms with Crippen LogP contribution in [-0.2, 0) is 5.41 Å². The van der Waals surface area contributed by atoms with Crippen LogP contribution < -0.4 is 0 Å². The fourth-order valence-corrected chi connectivity index (χ4v) is 2.56. The highest BCUT2D eigenvalue weighted by molar-refractivity contribution is 6.36. The Balaban J connectivity index is 2.64. The highest BCUT2D eigenvalue weighted by Crippen LogP contribution is 2.32. The number of carboxylic acids is 1. The van der Waals surface area contributed by atoms with Crippen molar-refractivity contribution in [3.63, 3.8) is 0 Å². The van der Waals surface area contributed by atoms with Crippen molar-refractivity contribution in [2.75, 3.05) is 0 Å². The molecule has 2 aromatic rings. The van der Waals surface area contributed by atoms with Crippen LogP contribution in [0, 0.1) is 0 Å². The van der Waals surface area contributed by atoms with E-state index in [-0.39, 0.29) is 11.0 Å². The Labute approximate surface area is 133 Å². The number of rotatable bonds is 2. The third-order valence-corrected chi connectivity index (χ3v) is 3.59. The van der Waals surface area contributed by atoms with E-state index < -0.39 is 5.97 Å². The van der Waals surface area contributed by atoms with Crippen LogP contribution >= 0.6 is 23.2 Å². The van der Waals surface area contributed by atoms with E-state index in [0.29, 0.717) is 21.4 Å². The third-order valence-electron chi connectivity index (χ3n) is 3.04. The van der Waals surface area contributed by atoms with Crippen LogP contribution in [0.25, 0.3) is 11.3 Å². The van der Waals surface area contributed by atoms with E-state index in [9.17, 15) is 9.90 Å². The molecule has 0 aliphatic rings. The fraction of sp³-hybridized carbons (Fsp3) is 0.250. The predicted octanol–water partition coefficient (Wildman–Crippen LogP) is 5.05. The number of benzene rings is 1. The number of hydrogen-bond donors (Lipinski definition) is 1. The highest BCUT2D eigenvalue weighted by Gasteiger charge is 2.24. The molecule has 1 aromatic heterocycles. The monoisotopic (exact) mass is 323 g/mol. The number of nitrogens with zero attached hydrogens (tertiary/aromatic N) is 1. The average molecular weight is 324 g/mol. The van der Waals surface area contributed by atoms with Crippen LogP contribution in [0.15, 0.2) is 30.3 Å². The van der Waals surface area contributed by atoms with E-state index in [1.165, 1.54) is 0 Å². The summed E-state index contributed by atoms with van der Waals surface area (Å²) in [5.41, 5.74) is 1.70. The smallest absolute Gasteiger partial charge is 0.337 e. The summed E-state index contributed by atoms with van der Waals surface area (Å²) < 4.78 is 0. The van der Waals surface area contributed by atoms with Gasteiger partial charge in [0.1, 0.15) is 0 Å². The summed E-state index contributed by atoms with van der Waals surface area (Å²) in [7, 11) is 0. The molecule has 110 valence electrons. The van der Waals surface area contributed by atoms with Gasteiger partial charge in [-0.2, -0.15) is 0 Å². The zero-order valence-electron chi connectivity index (χ0n) is 11.9. The van der Waals surface area contributed by atoms with E-state index in [2.05, 4.69) is 4.98 Å². The second-order valence-corrected chi connectivity index (χ2v) is 6.62. The van der Waals surface area contributed by atoms with Gasteiger partial charge in [0.05, 0.1) is 22.0 Å². The van der Waals surface area contributed by atoms with Crippen molar-refractivity contribution >= 4 is 29.2 Å². The first-order chi connectivity index (χ1) is 9.70. The molecule has 1 N–H and O–H groups in total. The maximum absolute atomic E-state index is 11.3. The molecule has 0 spiro atoms. The second kappa shape index (κ2) is 5.66. The standard InChI is InChI=1S/C16H15Cl2NO2/c1-16(2,3)14-11(15(20)21)6-7-13(19-14)10-5-4-9(17)8-12(10)18/h4-8H,1-3H3,(H,20,21). The molecule has 1 heterocycles. The summed E-state index contributed by atoms with van der Waals surface area (Å²) in [5.74, 6) is -0.985. The number of carbonyl (C=O) groups is 1. The molecule has 5 heteroatoms. The van der Waals surface area contributed by atoms with E-state index >= 15 is 0 Å². The molecular formula is C16H15Cl2NO2. The lowest BCUT2D eigenvalue weighted by Crippen LogP contribution is -2.19. The van der Waals surface area contributed by atoms with Gasteiger partial charge in [-0.25, -0.2) is 4.79 Å². The number of halogens is 2. The van der Waals surface area contributed by atoms with Crippen molar-refractivity contribution in [1.29, 1.82) is 0 Å². The predicted molar refractivity (Wildman–Crippen MR) is 85.4 cm³/mol. The SMILES string of the molecule is CC(C)(C)c1nc(-c2ccc(Cl)cc2Cl)ccc1C(=O)O. The highest BCUT2D eigenvalue weighted by atomic mass is 35.5. The Morgan fingerprint density at radius 3 is 2.33 bits per heavy atom. The summed E-state index contributed by atoms with van der Waals surface area (Å²) in [4.78, 5) is 15.9. The van der Waals surface area contributed by atoms with Crippen LogP contribution in [0.1, 0.15) is 36.8 Å². The number of pyridine rings is 1. The number of carboxylic acid groups (broad SMARTS) is 1. The zero-order chi connectivity index (χ0) is 15.8. The maximum atomic E-state index is 11.3. The first-order valence-corrected chi connectivity index (χ1v) is 7.16. The number of aromatic carboxylic acids is 1. The Morgan fingerprint density at radius 2 is 1.81 bits per heavy atom. The molecule has 0 radical (unpaired) electrons. The molecule has 0 amide bonds. The molecule has 0 unspecified atom stereocenters. The molecule has 0 aliphatic heterocycles. The van der Waals surface area contributed by atoms with Gasteiger partial charge < -0.3 is 5.11 Å². The van der Waals surface area contributed by atoms with Crippen molar-refractivity contribution in [3.8, 4) is 11.3 Å². The summed E-state index contributed by atoms with van der Waals surface area (Å²) in [6.45, 7) is 5.78. The molecule has 2 rings (SSSR count). The molecular weight excluding hydrogens is 309 g/mol. The van der Waals surface area contributed by atoms with Gasteiger partial charge in [0.15, 0.2) is 0 Å². The van der Waals surface area contributed by atoms with E-state index in [1.807, 2.05) is 20.8 Å². The van der Waals surface area contributed by atoms with Gasteiger partial charge in [-0.05, 0) is 30.3 Å². The van der Waals surface area contributed by atoms with Gasteiger partial charge >= 0.3 is 5.97 Å². The van der Waals surface area contributed by atoms with E-state index in [4.69, 9.17) is 23.2 Å². The minimum atomic E-state index is -0.985. The first-order valence-electron chi connectivity index (χ1n) is 6.40. The lowest BCUT2D eigenvalue weighted by atomic mass is 9.88. The maximum Gasteiger partial charge on any atom is 0.337 e. The van der Waals surface area contributed by atoms with Gasteiger partial charge in [0.2, 0.25) is 0 Å². The Hall–Kier alpha value is -1.58. The van der Waals surface area contributed by atoms with E-state index in [1.54, 1.807) is 30.3 Å². The molecule has 0 bridgehead atoms. The van der Waals surface area contributed by atoms with Crippen LogP contribution in [0.2, 0.25) is 10.0 Å². The molecule has 0 saturated carbocycles. The van der Waals surface area contributed by atoms with Crippen molar-refractivity contribution in [2.45, 2.75) is 26.2 Å². The summed E-state index contributed by atoms with van der Waals surface area (Å²) in [6, 6.07) is 8.37. The van der Waals surface area contributed by atoms with Crippen LogP contribution in [0.3, 0.4) is 0 Å². The fourth-order valence-electron chi connectivity index (χ4n) is 2.05. The summed E-state index contributed by atoms with van der Waals surface area (Å²) >= 11 is 12.1. The van der Waals surface area contributed by atoms with Crippen LogP contribution in [0.5, 0.6) is 0 Å². The first kappa shape index (κ1) is 15.8. The van der Waals surface area contributed by atoms with Gasteiger partial charge in [0.25, 0.3) is 0 Å². The van der Waals surface area contributed by atoms with Crippen molar-refractivity contribution in [1.82, 2.24) is 4.98 Å². The Bertz CT molecular complexity index is 706. The quantitative estimate of drug-likeness (QED) is 0.841. The van der Waals surface area contributed by atoms with E-state index in [0.717, 1.165) is 5.56 Å². The molecule has 21 heavy (non-hydrogen) atoms. The summed E-state index contributed by atoms with van der Waals surface area (Å²) in [6.07, 6.45) is 0. The number of hydrogen-bond acceptors (Lipinski definition) is 2. The lowest BCUT2D eigenvalue weighted by molar-refractivity contribution is 0.0693. The minimum Gasteiger partial charge on any atom is -0.478 e. The second-order valence-electron chi connectivity index (χ2n) is 5.77. The van der Waals surface area contributed by atoms with Gasteiger partial charge in [-0.1, -0.05) is 44.0 Å². The zero-order valence-corrected chi connectivity index (χ0v) is 13.5. The van der Waals surface area contributed by atoms with Crippen molar-refractivity contribution < 1.29 is 9.90 Å². The molecule has 0 saturated heterocycles. The van der Waals surface area contributed by atoms with Gasteiger partial charge in [-0.3, -0.25) is 4.98 Å². The normalized spacial score (nSPS) is 11.5. The van der Waals surface area contributed by atoms with Crippen molar-refractivity contribution in [3.05, 3.63) is 51.6 Å². The molecule has 3 nitrogen and oxygen atoms in total. The van der Waals surface area contributed by atoms with Gasteiger partial charge in [-0.15, -0.1) is 0 Å². The Morgan fingerprint density at radius 1 is 1.14 bits per heavy atom. The largest absolute Gasteiger partial charge is 0.478 e. The van der Waals surface area contributed by atoms with Crippen LogP contribution in [0.4, 0.5) is 0 Å². The van der Waals surface area contributed by atoms with Crippen molar-refractivity contribution in [2.24, 2.45) is 0 Å². The van der Waals surface area contributed by atoms with Crippen LogP contribution in [-0.4, -0.2) is 16.1 Å². The lowest BCUT2D eigenvalue weighted by Gasteiger charge is -2.21. The average Bonchev–Trinajstić information content (AvgIpc) is 2.37. The molecule has 0 atom stereocenters.